The summed E-state index contributed by atoms with van der Waals surface area (Å²) in [5, 5.41) is 13.0. The van der Waals surface area contributed by atoms with E-state index in [2.05, 4.69) is 4.98 Å². The second kappa shape index (κ2) is 9.15. The number of H-pyrrole nitrogens is 1. The van der Waals surface area contributed by atoms with Gasteiger partial charge < -0.3 is 29.0 Å². The van der Waals surface area contributed by atoms with E-state index in [9.17, 15) is 5.11 Å². The molecule has 0 atom stereocenters. The summed E-state index contributed by atoms with van der Waals surface area (Å²) in [5.74, 6) is 2.28. The summed E-state index contributed by atoms with van der Waals surface area (Å²) in [6.07, 6.45) is 1.86. The van der Waals surface area contributed by atoms with E-state index in [4.69, 9.17) is 28.9 Å². The van der Waals surface area contributed by atoms with E-state index < -0.39 is 0 Å². The largest absolute Gasteiger partial charge is 0.497 e. The SMILES string of the molecule is COc1ccc2[nH]c(O)c(/C=c3/cc4c(c(-c5cc(OC)c(OC)c(OC)c5)n3)=Nc3ccccc3-4)c2c1. The molecular weight excluding hydrogens is 482 g/mol. The molecule has 0 unspecified atom stereocenters. The number of ether oxygens (including phenoxy) is 4. The highest BCUT2D eigenvalue weighted by Gasteiger charge is 2.21. The number of hydrogen-bond donors (Lipinski definition) is 2. The summed E-state index contributed by atoms with van der Waals surface area (Å²) in [6, 6.07) is 19.3. The zero-order chi connectivity index (χ0) is 26.4. The van der Waals surface area contributed by atoms with Crippen LogP contribution in [0, 0.1) is 0 Å². The van der Waals surface area contributed by atoms with Crippen molar-refractivity contribution in [3.05, 3.63) is 76.9 Å². The van der Waals surface area contributed by atoms with Gasteiger partial charge in [0.05, 0.1) is 50.5 Å². The quantitative estimate of drug-likeness (QED) is 0.338. The number of hydrogen-bond acceptors (Lipinski definition) is 7. The van der Waals surface area contributed by atoms with Gasteiger partial charge in [0.25, 0.3) is 0 Å². The number of methoxy groups -OCH3 is 4. The predicted octanol–water partition coefficient (Wildman–Crippen LogP) is 4.73. The van der Waals surface area contributed by atoms with Gasteiger partial charge in [-0.05, 0) is 48.5 Å². The molecule has 8 nitrogen and oxygen atoms in total. The standard InChI is InChI=1S/C30H25N3O5/c1-35-18-9-10-24-20(15-18)22(30(34)33-24)14-17-13-21-19-7-5-6-8-23(19)32-28(21)27(31-17)16-11-25(36-2)29(38-4)26(12-16)37-3/h5-15,33-34H,1-4H3/b17-14-. The molecule has 0 spiro atoms. The summed E-state index contributed by atoms with van der Waals surface area (Å²) in [5.41, 5.74) is 5.65. The average Bonchev–Trinajstić information content (AvgIpc) is 3.48. The molecule has 0 amide bonds. The van der Waals surface area contributed by atoms with Crippen LogP contribution in [0.2, 0.25) is 0 Å². The topological polar surface area (TPSA) is 98.2 Å². The molecule has 0 bridgehead atoms. The number of aromatic amines is 1. The molecule has 3 heterocycles. The number of nitrogens with one attached hydrogen (secondary N) is 1. The Morgan fingerprint density at radius 2 is 1.58 bits per heavy atom. The maximum absolute atomic E-state index is 10.8. The molecule has 0 saturated heterocycles. The van der Waals surface area contributed by atoms with Gasteiger partial charge in [-0.2, -0.15) is 0 Å². The first-order valence-electron chi connectivity index (χ1n) is 11.9. The van der Waals surface area contributed by atoms with Gasteiger partial charge in [0, 0.05) is 33.2 Å². The Kier molecular flexibility index (Phi) is 5.64. The van der Waals surface area contributed by atoms with Gasteiger partial charge in [0.2, 0.25) is 5.75 Å². The third-order valence-electron chi connectivity index (χ3n) is 6.69. The Balaban J connectivity index is 1.65. The number of para-hydroxylation sites is 1. The first kappa shape index (κ1) is 23.4. The summed E-state index contributed by atoms with van der Waals surface area (Å²) >= 11 is 0. The Labute approximate surface area is 218 Å². The molecule has 0 radical (unpaired) electrons. The lowest BCUT2D eigenvalue weighted by atomic mass is 10.0. The van der Waals surface area contributed by atoms with Crippen LogP contribution in [0.4, 0.5) is 5.69 Å². The van der Waals surface area contributed by atoms with Gasteiger partial charge in [0.15, 0.2) is 17.4 Å². The minimum atomic E-state index is 0.0509. The van der Waals surface area contributed by atoms with Crippen molar-refractivity contribution in [1.82, 2.24) is 9.97 Å². The highest BCUT2D eigenvalue weighted by atomic mass is 16.5. The lowest BCUT2D eigenvalue weighted by Crippen LogP contribution is -2.19. The molecule has 0 saturated carbocycles. The molecule has 190 valence electrons. The second-order valence-electron chi connectivity index (χ2n) is 8.78. The number of fused-ring (bicyclic) bond motifs is 4. The zero-order valence-corrected chi connectivity index (χ0v) is 21.3. The third-order valence-corrected chi connectivity index (χ3v) is 6.69. The van der Waals surface area contributed by atoms with Crippen molar-refractivity contribution < 1.29 is 24.1 Å². The summed E-state index contributed by atoms with van der Waals surface area (Å²) in [4.78, 5) is 13.0. The fraction of sp³-hybridized carbons (Fsp3) is 0.133. The summed E-state index contributed by atoms with van der Waals surface area (Å²) in [7, 11) is 6.35. The van der Waals surface area contributed by atoms with E-state index in [0.717, 1.165) is 38.6 Å². The van der Waals surface area contributed by atoms with Gasteiger partial charge >= 0.3 is 0 Å². The smallest absolute Gasteiger partial charge is 0.203 e. The van der Waals surface area contributed by atoms with Crippen LogP contribution in [0.5, 0.6) is 28.9 Å². The summed E-state index contributed by atoms with van der Waals surface area (Å²) in [6.45, 7) is 0. The number of nitrogens with zero attached hydrogens (tertiary/aromatic N) is 2. The maximum atomic E-state index is 10.8. The van der Waals surface area contributed by atoms with Gasteiger partial charge in [-0.15, -0.1) is 0 Å². The number of aromatic nitrogens is 2. The van der Waals surface area contributed by atoms with Gasteiger partial charge in [-0.1, -0.05) is 18.2 Å². The Morgan fingerprint density at radius 3 is 2.29 bits per heavy atom. The molecule has 1 aliphatic heterocycles. The molecule has 5 aromatic rings. The van der Waals surface area contributed by atoms with Crippen LogP contribution in [0.3, 0.4) is 0 Å². The van der Waals surface area contributed by atoms with Crippen LogP contribution in [0.15, 0.2) is 65.7 Å². The van der Waals surface area contributed by atoms with Crippen LogP contribution in [0.25, 0.3) is 39.4 Å². The monoisotopic (exact) mass is 507 g/mol. The van der Waals surface area contributed by atoms with Crippen LogP contribution in [-0.2, 0) is 0 Å². The average molecular weight is 508 g/mol. The van der Waals surface area contributed by atoms with Crippen LogP contribution in [0.1, 0.15) is 5.56 Å². The van der Waals surface area contributed by atoms with E-state index >= 15 is 0 Å². The van der Waals surface area contributed by atoms with E-state index in [1.165, 1.54) is 0 Å². The van der Waals surface area contributed by atoms with Crippen molar-refractivity contribution in [3.8, 4) is 51.3 Å². The van der Waals surface area contributed by atoms with Crippen molar-refractivity contribution in [2.45, 2.75) is 0 Å². The first-order valence-corrected chi connectivity index (χ1v) is 11.9. The van der Waals surface area contributed by atoms with Crippen LogP contribution >= 0.6 is 0 Å². The third kappa shape index (κ3) is 3.69. The minimum Gasteiger partial charge on any atom is -0.497 e. The van der Waals surface area contributed by atoms with Crippen molar-refractivity contribution in [3.63, 3.8) is 0 Å². The number of aromatic hydroxyl groups is 1. The lowest BCUT2D eigenvalue weighted by molar-refractivity contribution is 0.324. The number of benzene rings is 3. The van der Waals surface area contributed by atoms with E-state index in [0.29, 0.717) is 39.6 Å². The van der Waals surface area contributed by atoms with E-state index in [-0.39, 0.29) is 5.88 Å². The molecule has 2 N–H and O–H groups in total. The van der Waals surface area contributed by atoms with Gasteiger partial charge in [-0.3, -0.25) is 0 Å². The molecule has 0 aliphatic carbocycles. The molecule has 0 fully saturated rings. The number of pyridine rings is 1. The van der Waals surface area contributed by atoms with Crippen LogP contribution < -0.4 is 29.7 Å². The van der Waals surface area contributed by atoms with Gasteiger partial charge in [0.1, 0.15) is 5.75 Å². The van der Waals surface area contributed by atoms with Crippen molar-refractivity contribution in [1.29, 1.82) is 0 Å². The Hall–Kier alpha value is -4.98. The van der Waals surface area contributed by atoms with E-state index in [1.807, 2.05) is 66.7 Å². The molecule has 38 heavy (non-hydrogen) atoms. The van der Waals surface area contributed by atoms with E-state index in [1.54, 1.807) is 28.4 Å². The zero-order valence-electron chi connectivity index (χ0n) is 21.3. The fourth-order valence-electron chi connectivity index (χ4n) is 4.89. The van der Waals surface area contributed by atoms with Gasteiger partial charge in [-0.25, -0.2) is 9.98 Å². The number of rotatable bonds is 6. The molecule has 8 heteroatoms. The molecule has 3 aromatic carbocycles. The summed E-state index contributed by atoms with van der Waals surface area (Å²) < 4.78 is 22.1. The van der Waals surface area contributed by atoms with Crippen LogP contribution in [-0.4, -0.2) is 43.5 Å². The second-order valence-corrected chi connectivity index (χ2v) is 8.78. The Bertz CT molecular complexity index is 1820. The van der Waals surface area contributed by atoms with Crippen molar-refractivity contribution >= 4 is 22.7 Å². The molecule has 2 aromatic heterocycles. The normalized spacial score (nSPS) is 12.2. The highest BCUT2D eigenvalue weighted by Crippen LogP contribution is 2.41. The minimum absolute atomic E-state index is 0.0509. The molecular formula is C30H25N3O5. The van der Waals surface area contributed by atoms with Crippen molar-refractivity contribution in [2.75, 3.05) is 28.4 Å². The Morgan fingerprint density at radius 1 is 0.816 bits per heavy atom. The lowest BCUT2D eigenvalue weighted by Gasteiger charge is -2.14. The first-order chi connectivity index (χ1) is 18.5. The predicted molar refractivity (Wildman–Crippen MR) is 145 cm³/mol. The highest BCUT2D eigenvalue weighted by molar-refractivity contribution is 5.93. The molecule has 6 rings (SSSR count). The maximum Gasteiger partial charge on any atom is 0.203 e. The fourth-order valence-corrected chi connectivity index (χ4v) is 4.89. The molecule has 1 aliphatic rings. The van der Waals surface area contributed by atoms with Crippen molar-refractivity contribution in [2.24, 2.45) is 4.99 Å².